The highest BCUT2D eigenvalue weighted by atomic mass is 35.5. The van der Waals surface area contributed by atoms with E-state index < -0.39 is 5.91 Å². The Morgan fingerprint density at radius 3 is 2.65 bits per heavy atom. The molecular weight excluding hydrogens is 274 g/mol. The van der Waals surface area contributed by atoms with Gasteiger partial charge in [-0.2, -0.15) is 0 Å². The molecule has 0 aliphatic rings. The molecule has 0 aliphatic heterocycles. The Hall–Kier alpha value is -2.26. The van der Waals surface area contributed by atoms with Crippen LogP contribution in [0.25, 0.3) is 12.2 Å². The van der Waals surface area contributed by atoms with Crippen molar-refractivity contribution in [2.45, 2.75) is 0 Å². The van der Waals surface area contributed by atoms with Crippen molar-refractivity contribution in [3.05, 3.63) is 64.2 Å². The third-order valence-corrected chi connectivity index (χ3v) is 3.05. The van der Waals surface area contributed by atoms with Gasteiger partial charge in [-0.15, -0.1) is 0 Å². The number of rotatable bonds is 4. The molecule has 0 radical (unpaired) electrons. The lowest BCUT2D eigenvalue weighted by Crippen LogP contribution is -2.10. The average Bonchev–Trinajstić information content (AvgIpc) is 2.44. The van der Waals surface area contributed by atoms with Crippen molar-refractivity contribution in [2.24, 2.45) is 5.73 Å². The van der Waals surface area contributed by atoms with Gasteiger partial charge >= 0.3 is 0 Å². The number of hydrogen-bond donors (Lipinski definition) is 1. The van der Waals surface area contributed by atoms with Gasteiger partial charge in [0.1, 0.15) is 5.75 Å². The van der Waals surface area contributed by atoms with Crippen LogP contribution < -0.4 is 10.5 Å². The Kier molecular flexibility index (Phi) is 4.43. The van der Waals surface area contributed by atoms with Crippen LogP contribution in [0.5, 0.6) is 5.75 Å². The normalized spacial score (nSPS) is 10.7. The summed E-state index contributed by atoms with van der Waals surface area (Å²) in [6, 6.07) is 12.5. The highest BCUT2D eigenvalue weighted by molar-refractivity contribution is 6.30. The molecule has 0 aliphatic carbocycles. The molecule has 1 amide bonds. The fourth-order valence-corrected chi connectivity index (χ4v) is 2.01. The van der Waals surface area contributed by atoms with Gasteiger partial charge in [0.15, 0.2) is 0 Å². The quantitative estimate of drug-likeness (QED) is 0.873. The van der Waals surface area contributed by atoms with Crippen molar-refractivity contribution in [2.75, 3.05) is 7.11 Å². The maximum absolute atomic E-state index is 11.2. The van der Waals surface area contributed by atoms with Gasteiger partial charge in [-0.1, -0.05) is 35.9 Å². The zero-order valence-corrected chi connectivity index (χ0v) is 11.7. The first-order valence-electron chi connectivity index (χ1n) is 6.01. The van der Waals surface area contributed by atoms with Crippen molar-refractivity contribution in [1.82, 2.24) is 0 Å². The number of nitrogens with two attached hydrogens (primary N) is 1. The first-order valence-corrected chi connectivity index (χ1v) is 6.39. The van der Waals surface area contributed by atoms with E-state index in [4.69, 9.17) is 22.1 Å². The molecule has 0 atom stereocenters. The van der Waals surface area contributed by atoms with Gasteiger partial charge in [-0.3, -0.25) is 4.79 Å². The van der Waals surface area contributed by atoms with Gasteiger partial charge in [-0.25, -0.2) is 0 Å². The predicted octanol–water partition coefficient (Wildman–Crippen LogP) is 3.62. The lowest BCUT2D eigenvalue weighted by Gasteiger charge is -2.06. The molecule has 0 saturated carbocycles. The molecule has 20 heavy (non-hydrogen) atoms. The van der Waals surface area contributed by atoms with Crippen LogP contribution in [0.1, 0.15) is 21.5 Å². The summed E-state index contributed by atoms with van der Waals surface area (Å²) < 4.78 is 5.26. The van der Waals surface area contributed by atoms with E-state index in [1.807, 2.05) is 36.4 Å². The highest BCUT2D eigenvalue weighted by Gasteiger charge is 2.05. The minimum Gasteiger partial charge on any atom is -0.496 e. The summed E-state index contributed by atoms with van der Waals surface area (Å²) in [4.78, 5) is 11.2. The SMILES string of the molecule is COc1ccc(C(N)=O)cc1/C=C/c1cccc(Cl)c1. The van der Waals surface area contributed by atoms with Crippen LogP contribution >= 0.6 is 11.6 Å². The van der Waals surface area contributed by atoms with Crippen LogP contribution in [0.4, 0.5) is 0 Å². The molecular formula is C16H14ClNO2. The molecule has 0 aromatic heterocycles. The molecule has 2 N–H and O–H groups in total. The first-order chi connectivity index (χ1) is 9.60. The van der Waals surface area contributed by atoms with E-state index in [1.165, 1.54) is 0 Å². The third kappa shape index (κ3) is 3.39. The number of amides is 1. The standard InChI is InChI=1S/C16H14ClNO2/c1-20-15-8-7-13(16(18)19)10-12(15)6-5-11-3-2-4-14(17)9-11/h2-10H,1H3,(H2,18,19)/b6-5+. The van der Waals surface area contributed by atoms with E-state index in [-0.39, 0.29) is 0 Å². The van der Waals surface area contributed by atoms with Crippen LogP contribution in [0.15, 0.2) is 42.5 Å². The monoisotopic (exact) mass is 287 g/mol. The van der Waals surface area contributed by atoms with E-state index >= 15 is 0 Å². The third-order valence-electron chi connectivity index (χ3n) is 2.82. The summed E-state index contributed by atoms with van der Waals surface area (Å²) in [5.41, 5.74) is 7.46. The lowest BCUT2D eigenvalue weighted by atomic mass is 10.1. The van der Waals surface area contributed by atoms with Crippen molar-refractivity contribution in [1.29, 1.82) is 0 Å². The van der Waals surface area contributed by atoms with Gasteiger partial charge in [0.2, 0.25) is 5.91 Å². The second-order valence-corrected chi connectivity index (χ2v) is 4.65. The van der Waals surface area contributed by atoms with Crippen LogP contribution in [-0.4, -0.2) is 13.0 Å². The highest BCUT2D eigenvalue weighted by Crippen LogP contribution is 2.23. The second-order valence-electron chi connectivity index (χ2n) is 4.21. The van der Waals surface area contributed by atoms with E-state index in [9.17, 15) is 4.79 Å². The van der Waals surface area contributed by atoms with E-state index in [0.29, 0.717) is 16.3 Å². The molecule has 0 heterocycles. The Morgan fingerprint density at radius 2 is 2.00 bits per heavy atom. The summed E-state index contributed by atoms with van der Waals surface area (Å²) in [6.45, 7) is 0. The number of hydrogen-bond acceptors (Lipinski definition) is 2. The summed E-state index contributed by atoms with van der Waals surface area (Å²) in [5.74, 6) is 0.207. The van der Waals surface area contributed by atoms with Crippen LogP contribution in [0.3, 0.4) is 0 Å². The number of ether oxygens (including phenoxy) is 1. The molecule has 0 saturated heterocycles. The van der Waals surface area contributed by atoms with E-state index in [2.05, 4.69) is 0 Å². The molecule has 0 fully saturated rings. The Bertz CT molecular complexity index is 665. The smallest absolute Gasteiger partial charge is 0.248 e. The van der Waals surface area contributed by atoms with Crippen molar-refractivity contribution in [3.63, 3.8) is 0 Å². The number of carbonyl (C=O) groups excluding carboxylic acids is 1. The fraction of sp³-hybridized carbons (Fsp3) is 0.0625. The minimum atomic E-state index is -0.468. The molecule has 4 heteroatoms. The fourth-order valence-electron chi connectivity index (χ4n) is 1.81. The summed E-state index contributed by atoms with van der Waals surface area (Å²) in [7, 11) is 1.58. The van der Waals surface area contributed by atoms with Gasteiger partial charge in [0.25, 0.3) is 0 Å². The van der Waals surface area contributed by atoms with Crippen LogP contribution in [-0.2, 0) is 0 Å². The topological polar surface area (TPSA) is 52.3 Å². The van der Waals surface area contributed by atoms with Crippen LogP contribution in [0.2, 0.25) is 5.02 Å². The Labute approximate surface area is 122 Å². The molecule has 0 unspecified atom stereocenters. The predicted molar refractivity (Wildman–Crippen MR) is 81.9 cm³/mol. The largest absolute Gasteiger partial charge is 0.496 e. The molecule has 3 nitrogen and oxygen atoms in total. The van der Waals surface area contributed by atoms with Crippen LogP contribution in [0, 0.1) is 0 Å². The maximum atomic E-state index is 11.2. The van der Waals surface area contributed by atoms with E-state index in [0.717, 1.165) is 11.1 Å². The summed E-state index contributed by atoms with van der Waals surface area (Å²) in [6.07, 6.45) is 3.76. The zero-order valence-electron chi connectivity index (χ0n) is 11.0. The van der Waals surface area contributed by atoms with Crippen molar-refractivity contribution >= 4 is 29.7 Å². The van der Waals surface area contributed by atoms with Gasteiger partial charge in [-0.05, 0) is 35.9 Å². The molecule has 2 aromatic rings. The Morgan fingerprint density at radius 1 is 1.20 bits per heavy atom. The number of methoxy groups -OCH3 is 1. The molecule has 2 rings (SSSR count). The lowest BCUT2D eigenvalue weighted by molar-refractivity contribution is 0.1000. The van der Waals surface area contributed by atoms with E-state index in [1.54, 1.807) is 25.3 Å². The maximum Gasteiger partial charge on any atom is 0.248 e. The summed E-state index contributed by atoms with van der Waals surface area (Å²) in [5, 5.41) is 0.671. The molecule has 102 valence electrons. The molecule has 0 bridgehead atoms. The zero-order chi connectivity index (χ0) is 14.5. The van der Waals surface area contributed by atoms with Gasteiger partial charge in [0.05, 0.1) is 7.11 Å². The number of carbonyl (C=O) groups is 1. The molecule has 2 aromatic carbocycles. The number of halogens is 1. The van der Waals surface area contributed by atoms with Gasteiger partial charge in [0, 0.05) is 16.1 Å². The minimum absolute atomic E-state index is 0.441. The second kappa shape index (κ2) is 6.26. The van der Waals surface area contributed by atoms with Crippen molar-refractivity contribution in [3.8, 4) is 5.75 Å². The number of primary amides is 1. The summed E-state index contributed by atoms with van der Waals surface area (Å²) >= 11 is 5.93. The number of benzene rings is 2. The van der Waals surface area contributed by atoms with Crippen molar-refractivity contribution < 1.29 is 9.53 Å². The average molecular weight is 288 g/mol. The molecule has 0 spiro atoms. The van der Waals surface area contributed by atoms with Gasteiger partial charge < -0.3 is 10.5 Å². The Balaban J connectivity index is 2.36. The first kappa shape index (κ1) is 14.2.